The number of aromatic nitrogens is 2. The molecule has 216 valence electrons. The van der Waals surface area contributed by atoms with Gasteiger partial charge < -0.3 is 25.0 Å². The molecule has 0 bridgehead atoms. The summed E-state index contributed by atoms with van der Waals surface area (Å²) in [5.41, 5.74) is 5.83. The summed E-state index contributed by atoms with van der Waals surface area (Å²) in [7, 11) is 0. The zero-order valence-corrected chi connectivity index (χ0v) is 22.6. The Bertz CT molecular complexity index is 882. The first-order valence-corrected chi connectivity index (χ1v) is 14.2. The first kappa shape index (κ1) is 30.3. The van der Waals surface area contributed by atoms with Gasteiger partial charge in [-0.2, -0.15) is 0 Å². The van der Waals surface area contributed by atoms with Gasteiger partial charge in [-0.25, -0.2) is 10.8 Å². The van der Waals surface area contributed by atoms with Crippen molar-refractivity contribution in [3.63, 3.8) is 0 Å². The highest BCUT2D eigenvalue weighted by atomic mass is 16.6. The highest BCUT2D eigenvalue weighted by Gasteiger charge is 2.46. The van der Waals surface area contributed by atoms with Gasteiger partial charge in [0.1, 0.15) is 24.9 Å². The van der Waals surface area contributed by atoms with Gasteiger partial charge in [-0.3, -0.25) is 24.9 Å². The van der Waals surface area contributed by atoms with Gasteiger partial charge in [0.15, 0.2) is 24.0 Å². The van der Waals surface area contributed by atoms with Crippen LogP contribution in [0.2, 0.25) is 0 Å². The number of anilines is 1. The zero-order chi connectivity index (χ0) is 27.5. The molecule has 0 saturated carbocycles. The SMILES string of the molecule is CCCCCCCCCCCCCCCC(=O)OC[C@H]1O[C@@H](n2cnc3c2N(N)C(N)NC3=O)[C@H](O)[C@@H]1O. The van der Waals surface area contributed by atoms with Crippen LogP contribution in [-0.2, 0) is 14.3 Å². The molecule has 7 N–H and O–H groups in total. The van der Waals surface area contributed by atoms with Crippen molar-refractivity contribution in [3.8, 4) is 0 Å². The Hall–Kier alpha value is -2.25. The molecule has 1 fully saturated rings. The molecule has 0 aliphatic carbocycles. The van der Waals surface area contributed by atoms with Gasteiger partial charge in [-0.05, 0) is 6.42 Å². The summed E-state index contributed by atoms with van der Waals surface area (Å²) >= 11 is 0. The van der Waals surface area contributed by atoms with Gasteiger partial charge in [-0.15, -0.1) is 0 Å². The fourth-order valence-electron chi connectivity index (χ4n) is 4.99. The number of carbonyl (C=O) groups is 2. The Morgan fingerprint density at radius 2 is 1.61 bits per heavy atom. The molecule has 0 radical (unpaired) electrons. The van der Waals surface area contributed by atoms with Crippen LogP contribution in [0.4, 0.5) is 5.82 Å². The van der Waals surface area contributed by atoms with Crippen molar-refractivity contribution in [2.45, 2.75) is 128 Å². The summed E-state index contributed by atoms with van der Waals surface area (Å²) in [4.78, 5) is 28.3. The van der Waals surface area contributed by atoms with Crippen molar-refractivity contribution < 1.29 is 29.3 Å². The van der Waals surface area contributed by atoms with E-state index in [1.165, 1.54) is 75.1 Å². The summed E-state index contributed by atoms with van der Waals surface area (Å²) < 4.78 is 12.4. The number of imidazole rings is 1. The number of rotatable bonds is 17. The van der Waals surface area contributed by atoms with Crippen molar-refractivity contribution >= 4 is 17.7 Å². The molecular formula is C26H46N6O6. The summed E-state index contributed by atoms with van der Waals surface area (Å²) in [6, 6.07) is 0. The Labute approximate surface area is 225 Å². The van der Waals surface area contributed by atoms with E-state index in [2.05, 4.69) is 17.2 Å². The van der Waals surface area contributed by atoms with Crippen LogP contribution in [0.15, 0.2) is 6.33 Å². The molecule has 3 heterocycles. The average Bonchev–Trinajstić information content (AvgIpc) is 3.46. The molecule has 2 aliphatic rings. The molecule has 0 aromatic carbocycles. The number of aliphatic hydroxyl groups is 2. The van der Waals surface area contributed by atoms with E-state index in [0.717, 1.165) is 24.3 Å². The average molecular weight is 539 g/mol. The summed E-state index contributed by atoms with van der Waals surface area (Å²) in [6.45, 7) is 2.04. The minimum Gasteiger partial charge on any atom is -0.463 e. The fraction of sp³-hybridized carbons (Fsp3) is 0.808. The number of hydrazine groups is 1. The number of esters is 1. The summed E-state index contributed by atoms with van der Waals surface area (Å²) in [5, 5.41) is 24.6. The van der Waals surface area contributed by atoms with E-state index in [1.807, 2.05) is 0 Å². The van der Waals surface area contributed by atoms with Crippen LogP contribution in [0.1, 0.15) is 114 Å². The molecule has 1 unspecified atom stereocenters. The largest absolute Gasteiger partial charge is 0.463 e. The van der Waals surface area contributed by atoms with E-state index in [1.54, 1.807) is 0 Å². The lowest BCUT2D eigenvalue weighted by atomic mass is 10.0. The van der Waals surface area contributed by atoms with Crippen LogP contribution in [0.5, 0.6) is 0 Å². The molecule has 38 heavy (non-hydrogen) atoms. The molecule has 1 saturated heterocycles. The van der Waals surface area contributed by atoms with Crippen LogP contribution in [0, 0.1) is 0 Å². The number of nitrogens with two attached hydrogens (primary N) is 2. The van der Waals surface area contributed by atoms with Crippen LogP contribution >= 0.6 is 0 Å². The second-order valence-electron chi connectivity index (χ2n) is 10.4. The van der Waals surface area contributed by atoms with Crippen LogP contribution in [0.3, 0.4) is 0 Å². The number of nitrogens with one attached hydrogen (secondary N) is 1. The third kappa shape index (κ3) is 8.12. The second-order valence-corrected chi connectivity index (χ2v) is 10.4. The van der Waals surface area contributed by atoms with Crippen molar-refractivity contribution in [2.24, 2.45) is 11.6 Å². The molecule has 12 heteroatoms. The van der Waals surface area contributed by atoms with Crippen molar-refractivity contribution in [3.05, 3.63) is 12.0 Å². The molecule has 12 nitrogen and oxygen atoms in total. The summed E-state index contributed by atoms with van der Waals surface area (Å²) in [5.74, 6) is 5.24. The van der Waals surface area contributed by atoms with Gasteiger partial charge in [0.2, 0.25) is 0 Å². The second kappa shape index (κ2) is 15.4. The lowest BCUT2D eigenvalue weighted by Crippen LogP contribution is -2.61. The predicted molar refractivity (Wildman–Crippen MR) is 142 cm³/mol. The van der Waals surface area contributed by atoms with Crippen molar-refractivity contribution in [1.82, 2.24) is 14.9 Å². The number of ether oxygens (including phenoxy) is 2. The van der Waals surface area contributed by atoms with Crippen LogP contribution in [0.25, 0.3) is 0 Å². The predicted octanol–water partition coefficient (Wildman–Crippen LogP) is 2.19. The normalized spacial score (nSPS) is 24.9. The quantitative estimate of drug-likeness (QED) is 0.112. The van der Waals surface area contributed by atoms with Gasteiger partial charge >= 0.3 is 5.97 Å². The molecule has 0 spiro atoms. The van der Waals surface area contributed by atoms with E-state index < -0.39 is 36.7 Å². The van der Waals surface area contributed by atoms with E-state index in [0.29, 0.717) is 6.42 Å². The standard InChI is InChI=1S/C26H46N6O6/c1-2-3-4-5-6-7-8-9-10-11-12-13-14-15-19(33)37-16-18-21(34)22(35)25(38-18)31-17-29-20-23(36)30-26(27)32(28)24(20)31/h17-18,21-22,25-26,34-35H,2-16,27-28H2,1H3,(H,30,36)/t18-,21-,22-,25-,26?/m1/s1. The number of hydrogen-bond acceptors (Lipinski definition) is 10. The van der Waals surface area contributed by atoms with Crippen LogP contribution < -0.4 is 21.9 Å². The lowest BCUT2D eigenvalue weighted by molar-refractivity contribution is -0.150. The lowest BCUT2D eigenvalue weighted by Gasteiger charge is -2.32. The zero-order valence-electron chi connectivity index (χ0n) is 22.6. The molecule has 1 amide bonds. The number of unbranched alkanes of at least 4 members (excludes halogenated alkanes) is 12. The number of aliphatic hydroxyl groups excluding tert-OH is 2. The minimum absolute atomic E-state index is 0.0205. The first-order chi connectivity index (χ1) is 18.3. The molecule has 5 atom stereocenters. The Morgan fingerprint density at radius 3 is 2.21 bits per heavy atom. The number of hydrogen-bond donors (Lipinski definition) is 5. The molecular weight excluding hydrogens is 492 g/mol. The topological polar surface area (TPSA) is 178 Å². The van der Waals surface area contributed by atoms with Gasteiger partial charge in [0.05, 0.1) is 6.33 Å². The maximum absolute atomic E-state index is 12.2. The smallest absolute Gasteiger partial charge is 0.305 e. The highest BCUT2D eigenvalue weighted by Crippen LogP contribution is 2.35. The third-order valence-corrected chi connectivity index (χ3v) is 7.31. The van der Waals surface area contributed by atoms with E-state index in [4.69, 9.17) is 21.1 Å². The van der Waals surface area contributed by atoms with Gasteiger partial charge in [-0.1, -0.05) is 84.0 Å². The monoisotopic (exact) mass is 538 g/mol. The van der Waals surface area contributed by atoms with Crippen LogP contribution in [-0.4, -0.2) is 62.8 Å². The highest BCUT2D eigenvalue weighted by molar-refractivity contribution is 5.99. The summed E-state index contributed by atoms with van der Waals surface area (Å²) in [6.07, 6.45) is 11.9. The molecule has 3 rings (SSSR count). The van der Waals surface area contributed by atoms with Gasteiger partial charge in [0.25, 0.3) is 5.91 Å². The van der Waals surface area contributed by atoms with E-state index in [9.17, 15) is 19.8 Å². The van der Waals surface area contributed by atoms with E-state index in [-0.39, 0.29) is 24.1 Å². The maximum Gasteiger partial charge on any atom is 0.305 e. The Balaban J connectivity index is 1.30. The Morgan fingerprint density at radius 1 is 1.03 bits per heavy atom. The number of amides is 1. The first-order valence-electron chi connectivity index (χ1n) is 14.2. The molecule has 1 aromatic heterocycles. The number of fused-ring (bicyclic) bond motifs is 1. The Kier molecular flexibility index (Phi) is 12.3. The molecule has 1 aromatic rings. The third-order valence-electron chi connectivity index (χ3n) is 7.31. The van der Waals surface area contributed by atoms with Gasteiger partial charge in [0, 0.05) is 6.42 Å². The van der Waals surface area contributed by atoms with E-state index >= 15 is 0 Å². The number of carbonyl (C=O) groups excluding carboxylic acids is 2. The fourth-order valence-corrected chi connectivity index (χ4v) is 4.99. The minimum atomic E-state index is -1.35. The van der Waals surface area contributed by atoms with Crippen molar-refractivity contribution in [1.29, 1.82) is 0 Å². The number of nitrogens with zero attached hydrogens (tertiary/aromatic N) is 3. The van der Waals surface area contributed by atoms with Crippen molar-refractivity contribution in [2.75, 3.05) is 11.6 Å². The maximum atomic E-state index is 12.2. The molecule has 2 aliphatic heterocycles.